The average molecular weight is 257 g/mol. The molecule has 2 rings (SSSR count). The summed E-state index contributed by atoms with van der Waals surface area (Å²) >= 11 is 0. The maximum Gasteiger partial charge on any atom is 0.310 e. The predicted molar refractivity (Wildman–Crippen MR) is 71.7 cm³/mol. The second kappa shape index (κ2) is 6.00. The number of aromatic nitrogens is 1. The third kappa shape index (κ3) is 3.31. The van der Waals surface area contributed by atoms with Gasteiger partial charge in [-0.15, -0.1) is 0 Å². The minimum Gasteiger partial charge on any atom is -0.508 e. The van der Waals surface area contributed by atoms with Crippen LogP contribution in [-0.2, 0) is 16.0 Å². The summed E-state index contributed by atoms with van der Waals surface area (Å²) in [5.74, 6) is -0.239. The predicted octanol–water partition coefficient (Wildman–Crippen LogP) is 2.56. The van der Waals surface area contributed by atoms with Crippen LogP contribution in [-0.4, -0.2) is 22.7 Å². The molecule has 0 amide bonds. The highest BCUT2D eigenvalue weighted by molar-refractivity contribution is 5.74. The molecule has 0 fully saturated rings. The van der Waals surface area contributed by atoms with Crippen LogP contribution in [0.2, 0.25) is 0 Å². The molecule has 1 aromatic carbocycles. The molecule has 1 N–H and O–H groups in total. The summed E-state index contributed by atoms with van der Waals surface area (Å²) in [6.07, 6.45) is 3.47. The van der Waals surface area contributed by atoms with Gasteiger partial charge in [0, 0.05) is 18.0 Å². The molecule has 0 spiro atoms. The fraction of sp³-hybridized carbons (Fsp3) is 0.200. The molecule has 0 saturated heterocycles. The maximum absolute atomic E-state index is 11.4. The minimum absolute atomic E-state index is 0.0797. The van der Waals surface area contributed by atoms with E-state index in [2.05, 4.69) is 4.98 Å². The summed E-state index contributed by atoms with van der Waals surface area (Å²) in [6, 6.07) is 8.97. The number of benzene rings is 1. The zero-order chi connectivity index (χ0) is 13.7. The van der Waals surface area contributed by atoms with Crippen molar-refractivity contribution in [3.63, 3.8) is 0 Å². The molecule has 0 aliphatic rings. The molecule has 0 aliphatic heterocycles. The first-order valence-electron chi connectivity index (χ1n) is 6.08. The van der Waals surface area contributed by atoms with E-state index in [-0.39, 0.29) is 18.1 Å². The Balaban J connectivity index is 2.20. The first kappa shape index (κ1) is 13.1. The Hall–Kier alpha value is -2.36. The lowest BCUT2D eigenvalue weighted by Crippen LogP contribution is -2.07. The van der Waals surface area contributed by atoms with Gasteiger partial charge in [-0.25, -0.2) is 0 Å². The largest absolute Gasteiger partial charge is 0.508 e. The molecular formula is C15H15NO3. The molecule has 19 heavy (non-hydrogen) atoms. The third-order valence-electron chi connectivity index (χ3n) is 2.74. The minimum atomic E-state index is -0.338. The molecule has 0 aliphatic carbocycles. The van der Waals surface area contributed by atoms with Crippen molar-refractivity contribution in [2.45, 2.75) is 13.3 Å². The van der Waals surface area contributed by atoms with Crippen LogP contribution in [0, 0.1) is 0 Å². The van der Waals surface area contributed by atoms with E-state index in [1.807, 2.05) is 18.2 Å². The zero-order valence-corrected chi connectivity index (χ0v) is 10.7. The van der Waals surface area contributed by atoms with E-state index in [1.54, 1.807) is 31.5 Å². The van der Waals surface area contributed by atoms with Crippen molar-refractivity contribution in [1.82, 2.24) is 4.98 Å². The molecule has 0 unspecified atom stereocenters. The fourth-order valence-electron chi connectivity index (χ4n) is 1.80. The number of carbonyl (C=O) groups excluding carboxylic acids is 1. The summed E-state index contributed by atoms with van der Waals surface area (Å²) in [7, 11) is 0. The van der Waals surface area contributed by atoms with Crippen molar-refractivity contribution in [3.05, 3.63) is 48.3 Å². The third-order valence-corrected chi connectivity index (χ3v) is 2.74. The van der Waals surface area contributed by atoms with Crippen molar-refractivity contribution in [1.29, 1.82) is 0 Å². The molecule has 0 atom stereocenters. The number of carbonyl (C=O) groups is 1. The SMILES string of the molecule is CCOC(=O)Cc1ccc(-c2ccncc2)cc1O. The quantitative estimate of drug-likeness (QED) is 0.855. The van der Waals surface area contributed by atoms with E-state index in [0.717, 1.165) is 11.1 Å². The van der Waals surface area contributed by atoms with E-state index >= 15 is 0 Å². The molecule has 0 radical (unpaired) electrons. The highest BCUT2D eigenvalue weighted by Gasteiger charge is 2.09. The van der Waals surface area contributed by atoms with E-state index in [1.165, 1.54) is 0 Å². The Morgan fingerprint density at radius 1 is 1.21 bits per heavy atom. The van der Waals surface area contributed by atoms with Crippen molar-refractivity contribution >= 4 is 5.97 Å². The van der Waals surface area contributed by atoms with Crippen LogP contribution in [0.1, 0.15) is 12.5 Å². The number of hydrogen-bond acceptors (Lipinski definition) is 4. The number of rotatable bonds is 4. The number of ether oxygens (including phenoxy) is 1. The van der Waals surface area contributed by atoms with Crippen LogP contribution < -0.4 is 0 Å². The molecule has 4 nitrogen and oxygen atoms in total. The molecule has 1 heterocycles. The number of aromatic hydroxyl groups is 1. The van der Waals surface area contributed by atoms with Crippen molar-refractivity contribution < 1.29 is 14.6 Å². The standard InChI is InChI=1S/C15H15NO3/c1-2-19-15(18)10-13-4-3-12(9-14(13)17)11-5-7-16-8-6-11/h3-9,17H,2,10H2,1H3. The van der Waals surface area contributed by atoms with Crippen LogP contribution in [0.15, 0.2) is 42.7 Å². The Bertz CT molecular complexity index is 567. The molecule has 4 heteroatoms. The molecule has 0 bridgehead atoms. The Morgan fingerprint density at radius 2 is 1.95 bits per heavy atom. The highest BCUT2D eigenvalue weighted by atomic mass is 16.5. The topological polar surface area (TPSA) is 59.4 Å². The highest BCUT2D eigenvalue weighted by Crippen LogP contribution is 2.26. The molecule has 0 saturated carbocycles. The summed E-state index contributed by atoms with van der Waals surface area (Å²) in [6.45, 7) is 2.10. The molecular weight excluding hydrogens is 242 g/mol. The van der Waals surface area contributed by atoms with Crippen molar-refractivity contribution in [2.24, 2.45) is 0 Å². The van der Waals surface area contributed by atoms with Gasteiger partial charge < -0.3 is 9.84 Å². The fourth-order valence-corrected chi connectivity index (χ4v) is 1.80. The molecule has 2 aromatic rings. The van der Waals surface area contributed by atoms with Gasteiger partial charge in [0.25, 0.3) is 0 Å². The average Bonchev–Trinajstić information content (AvgIpc) is 2.42. The van der Waals surface area contributed by atoms with Gasteiger partial charge in [-0.3, -0.25) is 9.78 Å². The molecule has 1 aromatic heterocycles. The number of phenols is 1. The van der Waals surface area contributed by atoms with Gasteiger partial charge in [0.1, 0.15) is 5.75 Å². The Labute approximate surface area is 111 Å². The Kier molecular flexibility index (Phi) is 4.13. The van der Waals surface area contributed by atoms with Crippen LogP contribution >= 0.6 is 0 Å². The van der Waals surface area contributed by atoms with Crippen molar-refractivity contribution in [2.75, 3.05) is 6.61 Å². The lowest BCUT2D eigenvalue weighted by atomic mass is 10.0. The van der Waals surface area contributed by atoms with E-state index in [4.69, 9.17) is 4.74 Å². The summed E-state index contributed by atoms with van der Waals surface area (Å²) in [5, 5.41) is 9.95. The molecule has 98 valence electrons. The number of pyridine rings is 1. The summed E-state index contributed by atoms with van der Waals surface area (Å²) in [4.78, 5) is 15.3. The monoisotopic (exact) mass is 257 g/mol. The van der Waals surface area contributed by atoms with Gasteiger partial charge in [0.15, 0.2) is 0 Å². The van der Waals surface area contributed by atoms with Crippen LogP contribution in [0.4, 0.5) is 0 Å². The van der Waals surface area contributed by atoms with Crippen LogP contribution in [0.3, 0.4) is 0 Å². The van der Waals surface area contributed by atoms with Gasteiger partial charge in [-0.2, -0.15) is 0 Å². The summed E-state index contributed by atoms with van der Waals surface area (Å²) in [5.41, 5.74) is 2.41. The maximum atomic E-state index is 11.4. The Morgan fingerprint density at radius 3 is 2.58 bits per heavy atom. The van der Waals surface area contributed by atoms with Gasteiger partial charge in [0.2, 0.25) is 0 Å². The van der Waals surface area contributed by atoms with Gasteiger partial charge in [-0.1, -0.05) is 12.1 Å². The van der Waals surface area contributed by atoms with Gasteiger partial charge in [0.05, 0.1) is 13.0 Å². The first-order valence-corrected chi connectivity index (χ1v) is 6.08. The van der Waals surface area contributed by atoms with Crippen molar-refractivity contribution in [3.8, 4) is 16.9 Å². The van der Waals surface area contributed by atoms with Crippen LogP contribution in [0.25, 0.3) is 11.1 Å². The number of esters is 1. The lowest BCUT2D eigenvalue weighted by Gasteiger charge is -2.07. The van der Waals surface area contributed by atoms with E-state index in [0.29, 0.717) is 12.2 Å². The number of nitrogens with zero attached hydrogens (tertiary/aromatic N) is 1. The van der Waals surface area contributed by atoms with E-state index in [9.17, 15) is 9.90 Å². The van der Waals surface area contributed by atoms with Gasteiger partial charge >= 0.3 is 5.97 Å². The second-order valence-electron chi connectivity index (χ2n) is 4.06. The normalized spacial score (nSPS) is 10.2. The lowest BCUT2D eigenvalue weighted by molar-refractivity contribution is -0.142. The zero-order valence-electron chi connectivity index (χ0n) is 10.7. The second-order valence-corrected chi connectivity index (χ2v) is 4.06. The van der Waals surface area contributed by atoms with Gasteiger partial charge in [-0.05, 0) is 36.2 Å². The first-order chi connectivity index (χ1) is 9.20. The number of phenolic OH excluding ortho intramolecular Hbond substituents is 1. The smallest absolute Gasteiger partial charge is 0.310 e. The van der Waals surface area contributed by atoms with E-state index < -0.39 is 0 Å². The number of hydrogen-bond donors (Lipinski definition) is 1. The summed E-state index contributed by atoms with van der Waals surface area (Å²) < 4.78 is 4.86. The van der Waals surface area contributed by atoms with Crippen LogP contribution in [0.5, 0.6) is 5.75 Å².